The van der Waals surface area contributed by atoms with Crippen LogP contribution in [0.3, 0.4) is 0 Å². The van der Waals surface area contributed by atoms with Crippen LogP contribution in [-0.2, 0) is 0 Å². The number of hydrogen-bond donors (Lipinski definition) is 2. The van der Waals surface area contributed by atoms with Gasteiger partial charge in [0.15, 0.2) is 0 Å². The Labute approximate surface area is 112 Å². The molecule has 0 bridgehead atoms. The number of nitrogens with zero attached hydrogens (tertiary/aromatic N) is 1. The van der Waals surface area contributed by atoms with Crippen LogP contribution in [0.1, 0.15) is 10.4 Å². The maximum absolute atomic E-state index is 12.0. The minimum atomic E-state index is -0.244. The van der Waals surface area contributed by atoms with Gasteiger partial charge in [-0.3, -0.25) is 4.79 Å². The Bertz CT molecular complexity index is 594. The van der Waals surface area contributed by atoms with Crippen LogP contribution in [0.25, 0.3) is 0 Å². The third-order valence-electron chi connectivity index (χ3n) is 2.73. The number of rotatable bonds is 3. The Morgan fingerprint density at radius 2 is 1.84 bits per heavy atom. The average molecular weight is 256 g/mol. The van der Waals surface area contributed by atoms with E-state index in [1.165, 1.54) is 12.1 Å². The van der Waals surface area contributed by atoms with E-state index >= 15 is 0 Å². The molecule has 0 saturated carbocycles. The van der Waals surface area contributed by atoms with E-state index in [-0.39, 0.29) is 11.7 Å². The van der Waals surface area contributed by atoms with Gasteiger partial charge in [0.1, 0.15) is 5.75 Å². The van der Waals surface area contributed by atoms with Gasteiger partial charge in [0.25, 0.3) is 5.91 Å². The minimum absolute atomic E-state index is 0.0784. The maximum Gasteiger partial charge on any atom is 0.255 e. The topological polar surface area (TPSA) is 52.6 Å². The molecule has 0 aliphatic carbocycles. The summed E-state index contributed by atoms with van der Waals surface area (Å²) >= 11 is 0. The van der Waals surface area contributed by atoms with Crippen LogP contribution >= 0.6 is 0 Å². The normalized spacial score (nSPS) is 10.0. The van der Waals surface area contributed by atoms with Crippen molar-refractivity contribution in [3.05, 3.63) is 54.1 Å². The lowest BCUT2D eigenvalue weighted by molar-refractivity contribution is 0.102. The van der Waals surface area contributed by atoms with E-state index in [0.717, 1.165) is 11.4 Å². The highest BCUT2D eigenvalue weighted by molar-refractivity contribution is 6.04. The number of anilines is 2. The predicted octanol–water partition coefficient (Wildman–Crippen LogP) is 2.71. The van der Waals surface area contributed by atoms with Crippen LogP contribution in [0.15, 0.2) is 48.5 Å². The molecule has 2 N–H and O–H groups in total. The molecule has 0 saturated heterocycles. The van der Waals surface area contributed by atoms with Gasteiger partial charge in [0.05, 0.1) is 0 Å². The molecule has 4 heteroatoms. The average Bonchev–Trinajstić information content (AvgIpc) is 2.39. The van der Waals surface area contributed by atoms with E-state index in [2.05, 4.69) is 5.32 Å². The Morgan fingerprint density at radius 3 is 2.53 bits per heavy atom. The van der Waals surface area contributed by atoms with Crippen LogP contribution < -0.4 is 10.2 Å². The van der Waals surface area contributed by atoms with E-state index in [1.807, 2.05) is 43.3 Å². The van der Waals surface area contributed by atoms with Crippen LogP contribution in [-0.4, -0.2) is 25.1 Å². The molecule has 0 radical (unpaired) electrons. The third kappa shape index (κ3) is 3.25. The largest absolute Gasteiger partial charge is 0.508 e. The smallest absolute Gasteiger partial charge is 0.255 e. The summed E-state index contributed by atoms with van der Waals surface area (Å²) in [7, 11) is 3.88. The molecule has 0 aliphatic rings. The first-order valence-electron chi connectivity index (χ1n) is 5.94. The number of aromatic hydroxyl groups is 1. The molecule has 0 aliphatic heterocycles. The van der Waals surface area contributed by atoms with Gasteiger partial charge in [-0.15, -0.1) is 0 Å². The summed E-state index contributed by atoms with van der Waals surface area (Å²) in [5.41, 5.74) is 2.16. The zero-order valence-corrected chi connectivity index (χ0v) is 10.9. The number of carbonyl (C=O) groups is 1. The first-order valence-corrected chi connectivity index (χ1v) is 5.94. The fourth-order valence-electron chi connectivity index (χ4n) is 1.71. The van der Waals surface area contributed by atoms with Crippen molar-refractivity contribution in [1.29, 1.82) is 0 Å². The zero-order valence-electron chi connectivity index (χ0n) is 10.9. The van der Waals surface area contributed by atoms with Crippen molar-refractivity contribution in [1.82, 2.24) is 0 Å². The number of benzene rings is 2. The van der Waals surface area contributed by atoms with Gasteiger partial charge in [-0.05, 0) is 36.4 Å². The Hall–Kier alpha value is -2.49. The molecular formula is C15H16N2O2. The van der Waals surface area contributed by atoms with Crippen molar-refractivity contribution in [2.24, 2.45) is 0 Å². The quantitative estimate of drug-likeness (QED) is 0.887. The summed E-state index contributed by atoms with van der Waals surface area (Å²) in [6, 6.07) is 13.8. The van der Waals surface area contributed by atoms with Gasteiger partial charge in [0, 0.05) is 31.0 Å². The van der Waals surface area contributed by atoms with Gasteiger partial charge in [-0.1, -0.05) is 12.1 Å². The number of phenols is 1. The number of amides is 1. The lowest BCUT2D eigenvalue weighted by Gasteiger charge is -2.14. The molecule has 19 heavy (non-hydrogen) atoms. The Kier molecular flexibility index (Phi) is 3.71. The highest BCUT2D eigenvalue weighted by Crippen LogP contribution is 2.18. The van der Waals surface area contributed by atoms with Crippen molar-refractivity contribution >= 4 is 17.3 Å². The summed E-state index contributed by atoms with van der Waals surface area (Å²) in [6.07, 6.45) is 0. The van der Waals surface area contributed by atoms with Crippen LogP contribution in [0.5, 0.6) is 5.75 Å². The van der Waals surface area contributed by atoms with Gasteiger partial charge in [-0.2, -0.15) is 0 Å². The monoisotopic (exact) mass is 256 g/mol. The van der Waals surface area contributed by atoms with Crippen molar-refractivity contribution in [2.45, 2.75) is 0 Å². The SMILES string of the molecule is CN(C)c1cccc(NC(=O)c2cccc(O)c2)c1. The van der Waals surface area contributed by atoms with Crippen molar-refractivity contribution < 1.29 is 9.90 Å². The van der Waals surface area contributed by atoms with E-state index in [4.69, 9.17) is 0 Å². The van der Waals surface area contributed by atoms with Gasteiger partial charge in [0.2, 0.25) is 0 Å². The van der Waals surface area contributed by atoms with E-state index < -0.39 is 0 Å². The van der Waals surface area contributed by atoms with Gasteiger partial charge < -0.3 is 15.3 Å². The number of phenolic OH excluding ortho intramolecular Hbond substituents is 1. The van der Waals surface area contributed by atoms with E-state index in [9.17, 15) is 9.90 Å². The molecule has 0 heterocycles. The van der Waals surface area contributed by atoms with Crippen molar-refractivity contribution in [3.63, 3.8) is 0 Å². The zero-order chi connectivity index (χ0) is 13.8. The summed E-state index contributed by atoms with van der Waals surface area (Å²) in [6.45, 7) is 0. The Morgan fingerprint density at radius 1 is 1.11 bits per heavy atom. The molecule has 0 aromatic heterocycles. The number of hydrogen-bond acceptors (Lipinski definition) is 3. The molecule has 2 rings (SSSR count). The summed E-state index contributed by atoms with van der Waals surface area (Å²) < 4.78 is 0. The minimum Gasteiger partial charge on any atom is -0.508 e. The molecule has 1 amide bonds. The fraction of sp³-hybridized carbons (Fsp3) is 0.133. The number of carbonyl (C=O) groups excluding carboxylic acids is 1. The molecule has 2 aromatic rings. The lowest BCUT2D eigenvalue weighted by atomic mass is 10.2. The summed E-state index contributed by atoms with van der Waals surface area (Å²) in [4.78, 5) is 14.0. The molecule has 0 atom stereocenters. The predicted molar refractivity (Wildman–Crippen MR) is 76.8 cm³/mol. The molecular weight excluding hydrogens is 240 g/mol. The molecule has 0 spiro atoms. The first kappa shape index (κ1) is 13.0. The third-order valence-corrected chi connectivity index (χ3v) is 2.73. The Balaban J connectivity index is 2.17. The molecule has 0 unspecified atom stereocenters. The lowest BCUT2D eigenvalue weighted by Crippen LogP contribution is -2.13. The summed E-state index contributed by atoms with van der Waals surface area (Å²) in [5, 5.41) is 12.2. The van der Waals surface area contributed by atoms with E-state index in [1.54, 1.807) is 12.1 Å². The van der Waals surface area contributed by atoms with Crippen molar-refractivity contribution in [3.8, 4) is 5.75 Å². The van der Waals surface area contributed by atoms with E-state index in [0.29, 0.717) is 5.56 Å². The first-order chi connectivity index (χ1) is 9.06. The van der Waals surface area contributed by atoms with Gasteiger partial charge >= 0.3 is 0 Å². The van der Waals surface area contributed by atoms with Crippen LogP contribution in [0.4, 0.5) is 11.4 Å². The molecule has 2 aromatic carbocycles. The van der Waals surface area contributed by atoms with Crippen LogP contribution in [0, 0.1) is 0 Å². The molecule has 4 nitrogen and oxygen atoms in total. The van der Waals surface area contributed by atoms with Crippen LogP contribution in [0.2, 0.25) is 0 Å². The summed E-state index contributed by atoms with van der Waals surface area (Å²) in [5.74, 6) is -0.165. The molecule has 98 valence electrons. The maximum atomic E-state index is 12.0. The second-order valence-corrected chi connectivity index (χ2v) is 4.45. The second kappa shape index (κ2) is 5.44. The fourth-order valence-corrected chi connectivity index (χ4v) is 1.71. The standard InChI is InChI=1S/C15H16N2O2/c1-17(2)13-7-4-6-12(10-13)16-15(19)11-5-3-8-14(18)9-11/h3-10,18H,1-2H3,(H,16,19). The molecule has 0 fully saturated rings. The van der Waals surface area contributed by atoms with Crippen molar-refractivity contribution in [2.75, 3.05) is 24.3 Å². The second-order valence-electron chi connectivity index (χ2n) is 4.45. The van der Waals surface area contributed by atoms with Gasteiger partial charge in [-0.25, -0.2) is 0 Å². The number of nitrogens with one attached hydrogen (secondary N) is 1. The highest BCUT2D eigenvalue weighted by atomic mass is 16.3. The highest BCUT2D eigenvalue weighted by Gasteiger charge is 2.07.